The fourth-order valence-corrected chi connectivity index (χ4v) is 1.86. The molecule has 0 radical (unpaired) electrons. The largest absolute Gasteiger partial charge is 0.362 e. The Morgan fingerprint density at radius 3 is 2.50 bits per heavy atom. The van der Waals surface area contributed by atoms with Crippen LogP contribution < -0.4 is 10.6 Å². The number of rotatable bonds is 5. The van der Waals surface area contributed by atoms with Crippen LogP contribution in [0, 0.1) is 6.92 Å². The average molecular weight is 249 g/mol. The summed E-state index contributed by atoms with van der Waals surface area (Å²) < 4.78 is 0. The van der Waals surface area contributed by atoms with Gasteiger partial charge in [-0.1, -0.05) is 17.7 Å². The van der Waals surface area contributed by atoms with Crippen molar-refractivity contribution in [3.05, 3.63) is 29.3 Å². The number of amides is 1. The highest BCUT2D eigenvalue weighted by Gasteiger charge is 2.14. The summed E-state index contributed by atoms with van der Waals surface area (Å²) in [6.45, 7) is 5.76. The van der Waals surface area contributed by atoms with Gasteiger partial charge in [0.05, 0.1) is 6.54 Å². The summed E-state index contributed by atoms with van der Waals surface area (Å²) in [4.78, 5) is 15.5. The molecule has 1 aromatic carbocycles. The lowest BCUT2D eigenvalue weighted by atomic mass is 10.1. The molecule has 0 aliphatic rings. The molecule has 1 amide bonds. The number of carbonyl (C=O) groups is 1. The molecule has 0 saturated heterocycles. The number of carbonyl (C=O) groups excluding carboxylic acids is 1. The standard InChI is InChI=1S/C14H23N3O/c1-5-17(10-14(18)16(3)4)13-7-6-11(2)8-12(13)9-15/h6-8H,5,9-10,15H2,1-4H3. The number of nitrogens with two attached hydrogens (primary N) is 1. The molecule has 0 aliphatic carbocycles. The number of benzene rings is 1. The summed E-state index contributed by atoms with van der Waals surface area (Å²) >= 11 is 0. The molecule has 1 rings (SSSR count). The van der Waals surface area contributed by atoms with E-state index in [1.54, 1.807) is 19.0 Å². The van der Waals surface area contributed by atoms with Crippen LogP contribution in [0.1, 0.15) is 18.1 Å². The summed E-state index contributed by atoms with van der Waals surface area (Å²) in [5.41, 5.74) is 9.11. The van der Waals surface area contributed by atoms with Gasteiger partial charge in [0.2, 0.25) is 5.91 Å². The van der Waals surface area contributed by atoms with Crippen molar-refractivity contribution in [1.82, 2.24) is 4.90 Å². The van der Waals surface area contributed by atoms with Gasteiger partial charge in [-0.3, -0.25) is 4.79 Å². The maximum atomic E-state index is 11.8. The van der Waals surface area contributed by atoms with Gasteiger partial charge in [-0.05, 0) is 25.5 Å². The lowest BCUT2D eigenvalue weighted by Crippen LogP contribution is -2.37. The zero-order valence-electron chi connectivity index (χ0n) is 11.7. The van der Waals surface area contributed by atoms with E-state index < -0.39 is 0 Å². The van der Waals surface area contributed by atoms with Gasteiger partial charge in [0.1, 0.15) is 0 Å². The van der Waals surface area contributed by atoms with E-state index >= 15 is 0 Å². The third-order valence-corrected chi connectivity index (χ3v) is 3.00. The number of anilines is 1. The molecule has 0 atom stereocenters. The third-order valence-electron chi connectivity index (χ3n) is 3.00. The SMILES string of the molecule is CCN(CC(=O)N(C)C)c1ccc(C)cc1CN. The first-order valence-corrected chi connectivity index (χ1v) is 6.24. The number of likely N-dealkylation sites (N-methyl/N-ethyl adjacent to an activating group) is 2. The highest BCUT2D eigenvalue weighted by atomic mass is 16.2. The highest BCUT2D eigenvalue weighted by molar-refractivity contribution is 5.81. The van der Waals surface area contributed by atoms with Crippen LogP contribution >= 0.6 is 0 Å². The minimum Gasteiger partial charge on any atom is -0.362 e. The lowest BCUT2D eigenvalue weighted by Gasteiger charge is -2.26. The molecule has 4 nitrogen and oxygen atoms in total. The fraction of sp³-hybridized carbons (Fsp3) is 0.500. The first-order valence-electron chi connectivity index (χ1n) is 6.24. The molecule has 2 N–H and O–H groups in total. The predicted molar refractivity (Wildman–Crippen MR) is 75.7 cm³/mol. The van der Waals surface area contributed by atoms with Crippen LogP contribution in [0.15, 0.2) is 18.2 Å². The molecular weight excluding hydrogens is 226 g/mol. The lowest BCUT2D eigenvalue weighted by molar-refractivity contribution is -0.127. The zero-order chi connectivity index (χ0) is 13.7. The Balaban J connectivity index is 2.98. The van der Waals surface area contributed by atoms with Gasteiger partial charge < -0.3 is 15.5 Å². The number of hydrogen-bond donors (Lipinski definition) is 1. The van der Waals surface area contributed by atoms with Crippen LogP contribution in [0.25, 0.3) is 0 Å². The minimum absolute atomic E-state index is 0.0976. The van der Waals surface area contributed by atoms with Crippen LogP contribution in [0.5, 0.6) is 0 Å². The van der Waals surface area contributed by atoms with Crippen molar-refractivity contribution < 1.29 is 4.79 Å². The summed E-state index contributed by atoms with van der Waals surface area (Å²) in [5, 5.41) is 0. The van der Waals surface area contributed by atoms with E-state index in [9.17, 15) is 4.79 Å². The number of nitrogens with zero attached hydrogens (tertiary/aromatic N) is 2. The molecule has 18 heavy (non-hydrogen) atoms. The van der Waals surface area contributed by atoms with Gasteiger partial charge in [-0.2, -0.15) is 0 Å². The van der Waals surface area contributed by atoms with Crippen molar-refractivity contribution >= 4 is 11.6 Å². The maximum Gasteiger partial charge on any atom is 0.241 e. The Morgan fingerprint density at radius 1 is 1.33 bits per heavy atom. The Morgan fingerprint density at radius 2 is 2.00 bits per heavy atom. The highest BCUT2D eigenvalue weighted by Crippen LogP contribution is 2.21. The monoisotopic (exact) mass is 249 g/mol. The van der Waals surface area contributed by atoms with Gasteiger partial charge in [0.25, 0.3) is 0 Å². The normalized spacial score (nSPS) is 10.3. The van der Waals surface area contributed by atoms with E-state index in [1.807, 2.05) is 19.9 Å². The molecule has 4 heteroatoms. The summed E-state index contributed by atoms with van der Waals surface area (Å²) in [7, 11) is 3.55. The first kappa shape index (κ1) is 14.5. The van der Waals surface area contributed by atoms with Crippen molar-refractivity contribution in [3.63, 3.8) is 0 Å². The van der Waals surface area contributed by atoms with E-state index in [0.717, 1.165) is 17.8 Å². The second kappa shape index (κ2) is 6.40. The van der Waals surface area contributed by atoms with E-state index in [1.165, 1.54) is 5.56 Å². The zero-order valence-corrected chi connectivity index (χ0v) is 11.7. The molecule has 0 saturated carbocycles. The van der Waals surface area contributed by atoms with Crippen molar-refractivity contribution in [3.8, 4) is 0 Å². The Labute approximate surface area is 109 Å². The Bertz CT molecular complexity index is 416. The number of aryl methyl sites for hydroxylation is 1. The predicted octanol–water partition coefficient (Wildman–Crippen LogP) is 1.37. The smallest absolute Gasteiger partial charge is 0.241 e. The molecule has 1 aromatic rings. The molecule has 100 valence electrons. The van der Waals surface area contributed by atoms with E-state index in [0.29, 0.717) is 13.1 Å². The van der Waals surface area contributed by atoms with Gasteiger partial charge in [0, 0.05) is 32.9 Å². The van der Waals surface area contributed by atoms with Gasteiger partial charge in [0.15, 0.2) is 0 Å². The van der Waals surface area contributed by atoms with Crippen LogP contribution in [-0.2, 0) is 11.3 Å². The van der Waals surface area contributed by atoms with Crippen molar-refractivity contribution in [1.29, 1.82) is 0 Å². The average Bonchev–Trinajstić information content (AvgIpc) is 2.35. The van der Waals surface area contributed by atoms with Gasteiger partial charge in [-0.15, -0.1) is 0 Å². The van der Waals surface area contributed by atoms with E-state index in [4.69, 9.17) is 5.73 Å². The van der Waals surface area contributed by atoms with Crippen molar-refractivity contribution in [2.45, 2.75) is 20.4 Å². The number of hydrogen-bond acceptors (Lipinski definition) is 3. The molecular formula is C14H23N3O. The summed E-state index contributed by atoms with van der Waals surface area (Å²) in [6.07, 6.45) is 0. The summed E-state index contributed by atoms with van der Waals surface area (Å²) in [6, 6.07) is 6.18. The van der Waals surface area contributed by atoms with E-state index in [-0.39, 0.29) is 5.91 Å². The van der Waals surface area contributed by atoms with Crippen molar-refractivity contribution in [2.75, 3.05) is 32.1 Å². The van der Waals surface area contributed by atoms with Crippen LogP contribution in [0.3, 0.4) is 0 Å². The molecule has 0 unspecified atom stereocenters. The molecule has 0 bridgehead atoms. The fourth-order valence-electron chi connectivity index (χ4n) is 1.86. The molecule has 0 fully saturated rings. The molecule has 0 aliphatic heterocycles. The topological polar surface area (TPSA) is 49.6 Å². The molecule has 0 spiro atoms. The Hall–Kier alpha value is -1.55. The van der Waals surface area contributed by atoms with Crippen LogP contribution in [0.4, 0.5) is 5.69 Å². The van der Waals surface area contributed by atoms with Crippen molar-refractivity contribution in [2.24, 2.45) is 5.73 Å². The second-order valence-electron chi connectivity index (χ2n) is 4.64. The van der Waals surface area contributed by atoms with Crippen LogP contribution in [0.2, 0.25) is 0 Å². The summed E-state index contributed by atoms with van der Waals surface area (Å²) in [5.74, 6) is 0.0976. The van der Waals surface area contributed by atoms with E-state index in [2.05, 4.69) is 17.0 Å². The van der Waals surface area contributed by atoms with Gasteiger partial charge >= 0.3 is 0 Å². The van der Waals surface area contributed by atoms with Crippen LogP contribution in [-0.4, -0.2) is 38.0 Å². The maximum absolute atomic E-state index is 11.8. The molecule has 0 aromatic heterocycles. The Kier molecular flexibility index (Phi) is 5.16. The third kappa shape index (κ3) is 3.47. The molecule has 0 heterocycles. The second-order valence-corrected chi connectivity index (χ2v) is 4.64. The first-order chi connectivity index (χ1) is 8.49. The van der Waals surface area contributed by atoms with Gasteiger partial charge in [-0.25, -0.2) is 0 Å². The quantitative estimate of drug-likeness (QED) is 0.857. The minimum atomic E-state index is 0.0976.